The van der Waals surface area contributed by atoms with Crippen molar-refractivity contribution >= 4 is 38.6 Å². The minimum Gasteiger partial charge on any atom is -0.347 e. The molecule has 0 spiro atoms. The van der Waals surface area contributed by atoms with Gasteiger partial charge in [-0.2, -0.15) is 0 Å². The normalized spacial score (nSPS) is 10.6. The Morgan fingerprint density at radius 1 is 1.08 bits per heavy atom. The number of hydrogen-bond acceptors (Lipinski definition) is 3. The molecule has 0 saturated carbocycles. The first-order valence-corrected chi connectivity index (χ1v) is 8.89. The van der Waals surface area contributed by atoms with Gasteiger partial charge in [-0.25, -0.2) is 4.98 Å². The molecule has 0 aliphatic rings. The van der Waals surface area contributed by atoms with Gasteiger partial charge in [-0.1, -0.05) is 46.3 Å². The Balaban J connectivity index is 2.01. The van der Waals surface area contributed by atoms with Crippen molar-refractivity contribution in [3.05, 3.63) is 64.6 Å². The molecule has 26 heavy (non-hydrogen) atoms. The zero-order valence-corrected chi connectivity index (χ0v) is 16.1. The van der Waals surface area contributed by atoms with Gasteiger partial charge in [0, 0.05) is 29.5 Å². The van der Waals surface area contributed by atoms with Crippen LogP contribution in [-0.2, 0) is 4.79 Å². The van der Waals surface area contributed by atoms with E-state index in [9.17, 15) is 9.59 Å². The summed E-state index contributed by atoms with van der Waals surface area (Å²) < 4.78 is 0.974. The monoisotopic (exact) mass is 411 g/mol. The maximum Gasteiger partial charge on any atom is 0.252 e. The second-order valence-electron chi connectivity index (χ2n) is 6.05. The third kappa shape index (κ3) is 3.91. The Hall–Kier alpha value is -2.73. The molecule has 2 amide bonds. The van der Waals surface area contributed by atoms with E-state index in [1.54, 1.807) is 20.2 Å². The fourth-order valence-electron chi connectivity index (χ4n) is 2.54. The standard InChI is InChI=1S/C20H18BrN3O2/c1-24(2)19(25)12-22-20(26)16-11-18(13-7-9-14(21)10-8-13)23-17-6-4-3-5-15(16)17/h3-11H,12H2,1-2H3,(H,22,26). The number of nitrogens with zero attached hydrogens (tertiary/aromatic N) is 2. The van der Waals surface area contributed by atoms with Gasteiger partial charge in [0.05, 0.1) is 23.3 Å². The van der Waals surface area contributed by atoms with Gasteiger partial charge >= 0.3 is 0 Å². The van der Waals surface area contributed by atoms with Gasteiger partial charge in [0.15, 0.2) is 0 Å². The summed E-state index contributed by atoms with van der Waals surface area (Å²) in [5.74, 6) is -0.456. The van der Waals surface area contributed by atoms with Crippen LogP contribution in [0.3, 0.4) is 0 Å². The molecule has 3 rings (SSSR count). The highest BCUT2D eigenvalue weighted by Gasteiger charge is 2.15. The number of fused-ring (bicyclic) bond motifs is 1. The van der Waals surface area contributed by atoms with E-state index in [0.29, 0.717) is 11.3 Å². The number of pyridine rings is 1. The van der Waals surface area contributed by atoms with Gasteiger partial charge in [-0.05, 0) is 24.3 Å². The molecule has 2 aromatic carbocycles. The number of rotatable bonds is 4. The molecule has 0 aliphatic heterocycles. The first kappa shape index (κ1) is 18.1. The maximum atomic E-state index is 12.7. The number of benzene rings is 2. The smallest absolute Gasteiger partial charge is 0.252 e. The van der Waals surface area contributed by atoms with Crippen LogP contribution in [0.25, 0.3) is 22.2 Å². The van der Waals surface area contributed by atoms with Gasteiger partial charge in [0.25, 0.3) is 5.91 Å². The van der Waals surface area contributed by atoms with Crippen molar-refractivity contribution in [1.29, 1.82) is 0 Å². The van der Waals surface area contributed by atoms with Crippen molar-refractivity contribution in [1.82, 2.24) is 15.2 Å². The van der Waals surface area contributed by atoms with Crippen molar-refractivity contribution < 1.29 is 9.59 Å². The molecule has 0 saturated heterocycles. The molecule has 1 heterocycles. The largest absolute Gasteiger partial charge is 0.347 e. The lowest BCUT2D eigenvalue weighted by molar-refractivity contribution is -0.127. The van der Waals surface area contributed by atoms with Crippen molar-refractivity contribution in [3.8, 4) is 11.3 Å². The summed E-state index contributed by atoms with van der Waals surface area (Å²) in [5.41, 5.74) is 2.86. The summed E-state index contributed by atoms with van der Waals surface area (Å²) in [5, 5.41) is 3.45. The van der Waals surface area contributed by atoms with Crippen LogP contribution in [0.5, 0.6) is 0 Å². The minimum atomic E-state index is -0.294. The molecule has 0 aliphatic carbocycles. The lowest BCUT2D eigenvalue weighted by Crippen LogP contribution is -2.36. The van der Waals surface area contributed by atoms with Crippen LogP contribution in [0.15, 0.2) is 59.1 Å². The molecular formula is C20H18BrN3O2. The zero-order valence-electron chi connectivity index (χ0n) is 14.5. The van der Waals surface area contributed by atoms with Crippen molar-refractivity contribution in [2.45, 2.75) is 0 Å². The van der Waals surface area contributed by atoms with Crippen molar-refractivity contribution in [2.75, 3.05) is 20.6 Å². The predicted molar refractivity (Wildman–Crippen MR) is 106 cm³/mol. The van der Waals surface area contributed by atoms with Crippen LogP contribution in [0.1, 0.15) is 10.4 Å². The first-order valence-electron chi connectivity index (χ1n) is 8.10. The lowest BCUT2D eigenvalue weighted by atomic mass is 10.0. The summed E-state index contributed by atoms with van der Waals surface area (Å²) in [7, 11) is 3.31. The molecule has 0 atom stereocenters. The fraction of sp³-hybridized carbons (Fsp3) is 0.150. The number of carbonyl (C=O) groups is 2. The number of nitrogens with one attached hydrogen (secondary N) is 1. The van der Waals surface area contributed by atoms with Crippen molar-refractivity contribution in [3.63, 3.8) is 0 Å². The fourth-order valence-corrected chi connectivity index (χ4v) is 2.81. The Morgan fingerprint density at radius 3 is 2.46 bits per heavy atom. The molecule has 132 valence electrons. The average Bonchev–Trinajstić information content (AvgIpc) is 2.65. The van der Waals surface area contributed by atoms with Crippen LogP contribution < -0.4 is 5.32 Å². The maximum absolute atomic E-state index is 12.7. The average molecular weight is 412 g/mol. The summed E-state index contributed by atoms with van der Waals surface area (Å²) in [6.07, 6.45) is 0. The molecule has 0 radical (unpaired) electrons. The summed E-state index contributed by atoms with van der Waals surface area (Å²) in [6, 6.07) is 17.0. The first-order chi connectivity index (χ1) is 12.5. The molecule has 3 aromatic rings. The van der Waals surface area contributed by atoms with E-state index in [1.807, 2.05) is 48.5 Å². The molecule has 6 heteroatoms. The number of para-hydroxylation sites is 1. The number of carbonyl (C=O) groups excluding carboxylic acids is 2. The van der Waals surface area contributed by atoms with Crippen LogP contribution in [-0.4, -0.2) is 42.3 Å². The van der Waals surface area contributed by atoms with E-state index < -0.39 is 0 Å². The summed E-state index contributed by atoms with van der Waals surface area (Å²) in [4.78, 5) is 30.6. The second-order valence-corrected chi connectivity index (χ2v) is 6.97. The SMILES string of the molecule is CN(C)C(=O)CNC(=O)c1cc(-c2ccc(Br)cc2)nc2ccccc12. The number of halogens is 1. The van der Waals surface area contributed by atoms with E-state index in [1.165, 1.54) is 4.90 Å². The van der Waals surface area contributed by atoms with Gasteiger partial charge in [-0.15, -0.1) is 0 Å². The Bertz CT molecular complexity index is 968. The Labute approximate surface area is 160 Å². The summed E-state index contributed by atoms with van der Waals surface area (Å²) in [6.45, 7) is -0.0455. The minimum absolute atomic E-state index is 0.0455. The third-order valence-corrected chi connectivity index (χ3v) is 4.53. The number of likely N-dealkylation sites (N-methyl/N-ethyl adjacent to an activating group) is 1. The van der Waals surface area contributed by atoms with E-state index in [0.717, 1.165) is 20.9 Å². The molecule has 1 aromatic heterocycles. The molecular weight excluding hydrogens is 394 g/mol. The quantitative estimate of drug-likeness (QED) is 0.714. The molecule has 0 fully saturated rings. The van der Waals surface area contributed by atoms with Gasteiger partial charge in [0.1, 0.15) is 0 Å². The highest BCUT2D eigenvalue weighted by Crippen LogP contribution is 2.26. The van der Waals surface area contributed by atoms with Crippen LogP contribution in [0, 0.1) is 0 Å². The Morgan fingerprint density at radius 2 is 1.77 bits per heavy atom. The number of aromatic nitrogens is 1. The molecule has 1 N–H and O–H groups in total. The summed E-state index contributed by atoms with van der Waals surface area (Å²) >= 11 is 3.42. The lowest BCUT2D eigenvalue weighted by Gasteiger charge is -2.13. The molecule has 0 unspecified atom stereocenters. The van der Waals surface area contributed by atoms with Gasteiger partial charge < -0.3 is 10.2 Å². The third-order valence-electron chi connectivity index (χ3n) is 4.00. The van der Waals surface area contributed by atoms with Crippen molar-refractivity contribution in [2.24, 2.45) is 0 Å². The van der Waals surface area contributed by atoms with Crippen LogP contribution in [0.2, 0.25) is 0 Å². The van der Waals surface area contributed by atoms with E-state index in [-0.39, 0.29) is 18.4 Å². The van der Waals surface area contributed by atoms with Gasteiger partial charge in [-0.3, -0.25) is 9.59 Å². The molecule has 0 bridgehead atoms. The van der Waals surface area contributed by atoms with Gasteiger partial charge in [0.2, 0.25) is 5.91 Å². The van der Waals surface area contributed by atoms with E-state index in [2.05, 4.69) is 26.2 Å². The zero-order chi connectivity index (χ0) is 18.7. The Kier molecular flexibility index (Phi) is 5.32. The highest BCUT2D eigenvalue weighted by molar-refractivity contribution is 9.10. The van der Waals surface area contributed by atoms with Crippen LogP contribution in [0.4, 0.5) is 0 Å². The second kappa shape index (κ2) is 7.66. The number of amides is 2. The predicted octanol–water partition coefficient (Wildman–Crippen LogP) is 3.48. The molecule has 5 nitrogen and oxygen atoms in total. The number of hydrogen-bond donors (Lipinski definition) is 1. The van der Waals surface area contributed by atoms with Crippen LogP contribution >= 0.6 is 15.9 Å². The topological polar surface area (TPSA) is 62.3 Å². The van der Waals surface area contributed by atoms with E-state index >= 15 is 0 Å². The highest BCUT2D eigenvalue weighted by atomic mass is 79.9. The van der Waals surface area contributed by atoms with E-state index in [4.69, 9.17) is 0 Å².